The Balaban J connectivity index is 1.37. The van der Waals surface area contributed by atoms with Crippen molar-refractivity contribution >= 4 is 46.4 Å². The van der Waals surface area contributed by atoms with Crippen LogP contribution in [0.4, 0.5) is 17.3 Å². The molecule has 156 valence electrons. The highest BCUT2D eigenvalue weighted by molar-refractivity contribution is 6.41. The average Bonchev–Trinajstić information content (AvgIpc) is 3.16. The molecule has 0 radical (unpaired) electrons. The number of nitrogens with one attached hydrogen (secondary N) is 2. The van der Waals surface area contributed by atoms with Gasteiger partial charge in [0.25, 0.3) is 0 Å². The van der Waals surface area contributed by atoms with Gasteiger partial charge in [0.1, 0.15) is 5.15 Å². The van der Waals surface area contributed by atoms with Crippen molar-refractivity contribution in [3.8, 4) is 11.1 Å². The van der Waals surface area contributed by atoms with E-state index in [0.29, 0.717) is 11.6 Å². The summed E-state index contributed by atoms with van der Waals surface area (Å²) in [6.45, 7) is 0. The topological polar surface area (TPSA) is 97.6 Å². The zero-order chi connectivity index (χ0) is 21.8. The van der Waals surface area contributed by atoms with E-state index in [9.17, 15) is 4.79 Å². The van der Waals surface area contributed by atoms with Gasteiger partial charge in [-0.1, -0.05) is 47.5 Å². The highest BCUT2D eigenvalue weighted by atomic mass is 35.5. The molecule has 3 aromatic heterocycles. The summed E-state index contributed by atoms with van der Waals surface area (Å²) in [6.07, 6.45) is 8.69. The molecule has 0 aliphatic rings. The van der Waals surface area contributed by atoms with Crippen LogP contribution in [-0.4, -0.2) is 30.6 Å². The van der Waals surface area contributed by atoms with Gasteiger partial charge >= 0.3 is 0 Å². The number of nitrogens with zero attached hydrogens (tertiary/aromatic N) is 5. The number of benzene rings is 1. The fourth-order valence-electron chi connectivity index (χ4n) is 2.85. The van der Waals surface area contributed by atoms with Crippen molar-refractivity contribution in [1.29, 1.82) is 0 Å². The molecule has 4 aromatic rings. The number of carbonyl (C=O) groups is 1. The van der Waals surface area contributed by atoms with E-state index in [0.717, 1.165) is 22.4 Å². The molecule has 0 aliphatic carbocycles. The number of halogens is 2. The van der Waals surface area contributed by atoms with Crippen LogP contribution in [0, 0.1) is 0 Å². The summed E-state index contributed by atoms with van der Waals surface area (Å²) in [5.74, 6) is 0.309. The van der Waals surface area contributed by atoms with E-state index in [4.69, 9.17) is 23.2 Å². The first-order valence-corrected chi connectivity index (χ1v) is 10.00. The van der Waals surface area contributed by atoms with E-state index in [1.54, 1.807) is 29.3 Å². The SMILES string of the molecule is Cn1cc(Nc2ncc(-c3ccc(CC(=O)Nc4cnc(Cl)c(Cl)c4)cc3)cn2)cn1. The van der Waals surface area contributed by atoms with Crippen LogP contribution in [0.25, 0.3) is 11.1 Å². The molecule has 0 bridgehead atoms. The minimum Gasteiger partial charge on any atom is -0.324 e. The second kappa shape index (κ2) is 9.11. The minimum atomic E-state index is -0.179. The Bertz CT molecular complexity index is 1210. The van der Waals surface area contributed by atoms with Crippen LogP contribution >= 0.6 is 23.2 Å². The van der Waals surface area contributed by atoms with Crippen molar-refractivity contribution in [1.82, 2.24) is 24.7 Å². The summed E-state index contributed by atoms with van der Waals surface area (Å²) in [5, 5.41) is 10.4. The molecule has 1 amide bonds. The van der Waals surface area contributed by atoms with Gasteiger partial charge in [-0.3, -0.25) is 9.48 Å². The van der Waals surface area contributed by atoms with Gasteiger partial charge in [-0.05, 0) is 17.2 Å². The molecule has 1 aromatic carbocycles. The molecule has 0 saturated heterocycles. The number of anilines is 3. The van der Waals surface area contributed by atoms with Gasteiger partial charge in [0, 0.05) is 31.2 Å². The third-order valence-corrected chi connectivity index (χ3v) is 5.03. The molecule has 0 atom stereocenters. The zero-order valence-electron chi connectivity index (χ0n) is 16.4. The van der Waals surface area contributed by atoms with Gasteiger partial charge < -0.3 is 10.6 Å². The normalized spacial score (nSPS) is 10.7. The van der Waals surface area contributed by atoms with Crippen LogP contribution in [0.3, 0.4) is 0 Å². The van der Waals surface area contributed by atoms with E-state index in [1.165, 1.54) is 6.20 Å². The highest BCUT2D eigenvalue weighted by Gasteiger charge is 2.08. The summed E-state index contributed by atoms with van der Waals surface area (Å²) >= 11 is 11.7. The van der Waals surface area contributed by atoms with Crippen molar-refractivity contribution in [3.05, 3.63) is 77.1 Å². The van der Waals surface area contributed by atoms with E-state index in [-0.39, 0.29) is 22.5 Å². The Morgan fingerprint density at radius 3 is 2.35 bits per heavy atom. The first-order valence-electron chi connectivity index (χ1n) is 9.24. The smallest absolute Gasteiger partial charge is 0.228 e. The molecule has 0 unspecified atom stereocenters. The molecule has 8 nitrogen and oxygen atoms in total. The van der Waals surface area contributed by atoms with E-state index in [2.05, 4.69) is 30.7 Å². The van der Waals surface area contributed by atoms with Crippen molar-refractivity contribution in [2.24, 2.45) is 7.05 Å². The average molecular weight is 454 g/mol. The van der Waals surface area contributed by atoms with Crippen LogP contribution in [-0.2, 0) is 18.3 Å². The number of carbonyl (C=O) groups excluding carboxylic acids is 1. The van der Waals surface area contributed by atoms with Crippen molar-refractivity contribution in [2.45, 2.75) is 6.42 Å². The number of hydrogen-bond donors (Lipinski definition) is 2. The van der Waals surface area contributed by atoms with Gasteiger partial charge in [-0.2, -0.15) is 5.10 Å². The fraction of sp³-hybridized carbons (Fsp3) is 0.0952. The number of aromatic nitrogens is 5. The Hall–Kier alpha value is -3.49. The molecular weight excluding hydrogens is 437 g/mol. The standard InChI is InChI=1S/C21H17Cl2N7O/c1-30-12-17(11-27-30)29-21-25-8-15(9-26-21)14-4-2-13(3-5-14)6-19(31)28-16-7-18(22)20(23)24-10-16/h2-5,7-12H,6H2,1H3,(H,28,31)(H,25,26,29). The Morgan fingerprint density at radius 2 is 1.71 bits per heavy atom. The lowest BCUT2D eigenvalue weighted by molar-refractivity contribution is -0.115. The molecule has 2 N–H and O–H groups in total. The highest BCUT2D eigenvalue weighted by Crippen LogP contribution is 2.23. The second-order valence-corrected chi connectivity index (χ2v) is 7.51. The molecule has 31 heavy (non-hydrogen) atoms. The quantitative estimate of drug-likeness (QED) is 0.417. The van der Waals surface area contributed by atoms with Gasteiger partial charge in [0.2, 0.25) is 11.9 Å². The summed E-state index contributed by atoms with van der Waals surface area (Å²) < 4.78 is 1.69. The summed E-state index contributed by atoms with van der Waals surface area (Å²) in [7, 11) is 1.84. The van der Waals surface area contributed by atoms with Crippen LogP contribution in [0.1, 0.15) is 5.56 Å². The lowest BCUT2D eigenvalue weighted by Crippen LogP contribution is -2.14. The molecule has 3 heterocycles. The first kappa shape index (κ1) is 20.8. The summed E-state index contributed by atoms with van der Waals surface area (Å²) in [4.78, 5) is 24.9. The molecular formula is C21H17Cl2N7O. The van der Waals surface area contributed by atoms with Gasteiger partial charge in [-0.25, -0.2) is 15.0 Å². The second-order valence-electron chi connectivity index (χ2n) is 6.74. The number of pyridine rings is 1. The fourth-order valence-corrected chi connectivity index (χ4v) is 3.12. The molecule has 0 aliphatic heterocycles. The van der Waals surface area contributed by atoms with Crippen LogP contribution in [0.2, 0.25) is 10.2 Å². The Labute approximate surface area is 188 Å². The van der Waals surface area contributed by atoms with Crippen molar-refractivity contribution in [2.75, 3.05) is 10.6 Å². The molecule has 0 saturated carbocycles. The maximum Gasteiger partial charge on any atom is 0.228 e. The lowest BCUT2D eigenvalue weighted by Gasteiger charge is -2.07. The largest absolute Gasteiger partial charge is 0.324 e. The monoisotopic (exact) mass is 453 g/mol. The van der Waals surface area contributed by atoms with Gasteiger partial charge in [0.05, 0.1) is 35.2 Å². The number of amides is 1. The van der Waals surface area contributed by atoms with Gasteiger partial charge in [-0.15, -0.1) is 0 Å². The molecule has 0 fully saturated rings. The minimum absolute atomic E-state index is 0.179. The van der Waals surface area contributed by atoms with Crippen LogP contribution < -0.4 is 10.6 Å². The number of aryl methyl sites for hydroxylation is 1. The summed E-state index contributed by atoms with van der Waals surface area (Å²) in [5.41, 5.74) is 3.99. The molecule has 0 spiro atoms. The third-order valence-electron chi connectivity index (χ3n) is 4.34. The van der Waals surface area contributed by atoms with E-state index < -0.39 is 0 Å². The zero-order valence-corrected chi connectivity index (χ0v) is 17.9. The third kappa shape index (κ3) is 5.36. The van der Waals surface area contributed by atoms with E-state index in [1.807, 2.05) is 37.5 Å². The number of hydrogen-bond acceptors (Lipinski definition) is 6. The predicted molar refractivity (Wildman–Crippen MR) is 121 cm³/mol. The lowest BCUT2D eigenvalue weighted by atomic mass is 10.1. The maximum absolute atomic E-state index is 12.3. The molecule has 4 rings (SSSR count). The van der Waals surface area contributed by atoms with E-state index >= 15 is 0 Å². The Kier molecular flexibility index (Phi) is 6.11. The number of rotatable bonds is 6. The maximum atomic E-state index is 12.3. The van der Waals surface area contributed by atoms with Crippen molar-refractivity contribution in [3.63, 3.8) is 0 Å². The van der Waals surface area contributed by atoms with Crippen molar-refractivity contribution < 1.29 is 4.79 Å². The summed E-state index contributed by atoms with van der Waals surface area (Å²) in [6, 6.07) is 9.20. The van der Waals surface area contributed by atoms with Crippen LogP contribution in [0.15, 0.2) is 61.3 Å². The van der Waals surface area contributed by atoms with Gasteiger partial charge in [0.15, 0.2) is 0 Å². The first-order chi connectivity index (χ1) is 15.0. The Morgan fingerprint density at radius 1 is 0.968 bits per heavy atom. The predicted octanol–water partition coefficient (Wildman–Crippen LogP) is 4.50. The molecule has 10 heteroatoms. The van der Waals surface area contributed by atoms with Crippen LogP contribution in [0.5, 0.6) is 0 Å².